The molecule has 2 aliphatic rings. The average molecular weight is 179 g/mol. The Balaban J connectivity index is 1.76. The molecule has 0 aliphatic carbocycles. The standard InChI is InChI=1S/C10H17N3/c1-12-4-6-13(7-5-12)9-10-2-3-11-8-10/h3,8H,2,4-7,9H2,1H3. The zero-order chi connectivity index (χ0) is 9.10. The molecule has 2 heterocycles. The molecule has 13 heavy (non-hydrogen) atoms. The summed E-state index contributed by atoms with van der Waals surface area (Å²) in [5, 5.41) is 0. The van der Waals surface area contributed by atoms with Gasteiger partial charge in [0, 0.05) is 51.6 Å². The van der Waals surface area contributed by atoms with Crippen LogP contribution in [0, 0.1) is 0 Å². The minimum absolute atomic E-state index is 1.06. The molecule has 3 heteroatoms. The third kappa shape index (κ3) is 2.39. The van der Waals surface area contributed by atoms with Crippen molar-refractivity contribution in [3.8, 4) is 0 Å². The Kier molecular flexibility index (Phi) is 2.76. The summed E-state index contributed by atoms with van der Waals surface area (Å²) in [7, 11) is 2.19. The molecule has 0 bridgehead atoms. The van der Waals surface area contributed by atoms with Crippen LogP contribution in [0.2, 0.25) is 0 Å². The highest BCUT2D eigenvalue weighted by atomic mass is 15.2. The number of hydrogen-bond acceptors (Lipinski definition) is 3. The van der Waals surface area contributed by atoms with Crippen LogP contribution in [0.4, 0.5) is 0 Å². The largest absolute Gasteiger partial charge is 0.304 e. The Hall–Kier alpha value is -0.670. The van der Waals surface area contributed by atoms with Crippen molar-refractivity contribution in [3.63, 3.8) is 0 Å². The summed E-state index contributed by atoms with van der Waals surface area (Å²) >= 11 is 0. The normalized spacial score (nSPS) is 25.2. The molecular weight excluding hydrogens is 162 g/mol. The first kappa shape index (κ1) is 8.91. The van der Waals surface area contributed by atoms with Crippen LogP contribution in [-0.2, 0) is 0 Å². The minimum Gasteiger partial charge on any atom is -0.304 e. The lowest BCUT2D eigenvalue weighted by Crippen LogP contribution is -2.44. The SMILES string of the molecule is CN1CCN(CC2=CN=CC2)CC1. The smallest absolute Gasteiger partial charge is 0.0272 e. The Morgan fingerprint density at radius 2 is 2.08 bits per heavy atom. The van der Waals surface area contributed by atoms with E-state index in [-0.39, 0.29) is 0 Å². The molecule has 0 aromatic carbocycles. The van der Waals surface area contributed by atoms with Gasteiger partial charge in [-0.25, -0.2) is 0 Å². The number of piperazine rings is 1. The maximum absolute atomic E-state index is 4.12. The van der Waals surface area contributed by atoms with Gasteiger partial charge in [0.1, 0.15) is 0 Å². The third-order valence-electron chi connectivity index (χ3n) is 2.74. The van der Waals surface area contributed by atoms with Gasteiger partial charge in [-0.3, -0.25) is 9.89 Å². The number of nitrogens with zero attached hydrogens (tertiary/aromatic N) is 3. The first-order valence-electron chi connectivity index (χ1n) is 4.95. The second kappa shape index (κ2) is 4.03. The van der Waals surface area contributed by atoms with Gasteiger partial charge in [-0.2, -0.15) is 0 Å². The zero-order valence-corrected chi connectivity index (χ0v) is 8.24. The molecule has 0 N–H and O–H groups in total. The van der Waals surface area contributed by atoms with Crippen LogP contribution in [0.25, 0.3) is 0 Å². The lowest BCUT2D eigenvalue weighted by atomic mass is 10.2. The van der Waals surface area contributed by atoms with Gasteiger partial charge >= 0.3 is 0 Å². The summed E-state index contributed by atoms with van der Waals surface area (Å²) in [5.41, 5.74) is 1.46. The molecule has 0 amide bonds. The van der Waals surface area contributed by atoms with E-state index >= 15 is 0 Å². The van der Waals surface area contributed by atoms with Crippen molar-refractivity contribution in [2.24, 2.45) is 4.99 Å². The topological polar surface area (TPSA) is 18.8 Å². The molecule has 0 aromatic heterocycles. The Bertz CT molecular complexity index is 224. The first-order chi connectivity index (χ1) is 6.34. The van der Waals surface area contributed by atoms with Crippen LogP contribution in [-0.4, -0.2) is 55.8 Å². The van der Waals surface area contributed by atoms with E-state index in [1.165, 1.54) is 31.8 Å². The predicted octanol–water partition coefficient (Wildman–Crippen LogP) is 0.592. The van der Waals surface area contributed by atoms with Gasteiger partial charge in [0.25, 0.3) is 0 Å². The van der Waals surface area contributed by atoms with E-state index in [2.05, 4.69) is 21.8 Å². The molecule has 2 aliphatic heterocycles. The Morgan fingerprint density at radius 1 is 1.31 bits per heavy atom. The molecule has 1 saturated heterocycles. The van der Waals surface area contributed by atoms with Crippen LogP contribution in [0.15, 0.2) is 16.8 Å². The molecule has 0 spiro atoms. The fourth-order valence-electron chi connectivity index (χ4n) is 1.78. The van der Waals surface area contributed by atoms with E-state index in [1.54, 1.807) is 0 Å². The fourth-order valence-corrected chi connectivity index (χ4v) is 1.78. The van der Waals surface area contributed by atoms with Gasteiger partial charge in [-0.15, -0.1) is 0 Å². The van der Waals surface area contributed by atoms with Crippen LogP contribution >= 0.6 is 0 Å². The Morgan fingerprint density at radius 3 is 2.69 bits per heavy atom. The van der Waals surface area contributed by atoms with Gasteiger partial charge in [0.05, 0.1) is 0 Å². The van der Waals surface area contributed by atoms with Gasteiger partial charge in [-0.1, -0.05) is 0 Å². The molecule has 3 nitrogen and oxygen atoms in total. The van der Waals surface area contributed by atoms with Crippen molar-refractivity contribution in [2.75, 3.05) is 39.8 Å². The number of rotatable bonds is 2. The summed E-state index contributed by atoms with van der Waals surface area (Å²) in [5.74, 6) is 0. The molecule has 2 rings (SSSR count). The van der Waals surface area contributed by atoms with E-state index in [9.17, 15) is 0 Å². The van der Waals surface area contributed by atoms with Crippen molar-refractivity contribution in [2.45, 2.75) is 6.42 Å². The molecule has 0 atom stereocenters. The van der Waals surface area contributed by atoms with Crippen LogP contribution in [0.1, 0.15) is 6.42 Å². The number of hydrogen-bond donors (Lipinski definition) is 0. The van der Waals surface area contributed by atoms with Gasteiger partial charge < -0.3 is 4.90 Å². The highest BCUT2D eigenvalue weighted by Crippen LogP contribution is 2.10. The monoisotopic (exact) mass is 179 g/mol. The first-order valence-corrected chi connectivity index (χ1v) is 4.95. The maximum atomic E-state index is 4.12. The zero-order valence-electron chi connectivity index (χ0n) is 8.24. The number of likely N-dealkylation sites (N-methyl/N-ethyl adjacent to an activating group) is 1. The molecule has 0 radical (unpaired) electrons. The Labute approximate surface area is 79.7 Å². The molecular formula is C10H17N3. The summed E-state index contributed by atoms with van der Waals surface area (Å²) in [6.07, 6.45) is 5.07. The van der Waals surface area contributed by atoms with E-state index in [0.717, 1.165) is 13.0 Å². The van der Waals surface area contributed by atoms with E-state index < -0.39 is 0 Å². The van der Waals surface area contributed by atoms with Crippen molar-refractivity contribution in [3.05, 3.63) is 11.8 Å². The highest BCUT2D eigenvalue weighted by molar-refractivity contribution is 5.65. The predicted molar refractivity (Wildman–Crippen MR) is 55.1 cm³/mol. The molecule has 0 saturated carbocycles. The van der Waals surface area contributed by atoms with Crippen molar-refractivity contribution in [1.29, 1.82) is 0 Å². The molecule has 0 unspecified atom stereocenters. The second-order valence-corrected chi connectivity index (χ2v) is 3.90. The highest BCUT2D eigenvalue weighted by Gasteiger charge is 2.14. The third-order valence-corrected chi connectivity index (χ3v) is 2.74. The number of aliphatic imine (C=N–C) groups is 1. The quantitative estimate of drug-likeness (QED) is 0.618. The molecule has 1 fully saturated rings. The maximum Gasteiger partial charge on any atom is 0.0272 e. The minimum atomic E-state index is 1.06. The van der Waals surface area contributed by atoms with Gasteiger partial charge in [-0.05, 0) is 12.6 Å². The second-order valence-electron chi connectivity index (χ2n) is 3.90. The van der Waals surface area contributed by atoms with Crippen LogP contribution in [0.3, 0.4) is 0 Å². The summed E-state index contributed by atoms with van der Waals surface area (Å²) in [6, 6.07) is 0. The van der Waals surface area contributed by atoms with Crippen molar-refractivity contribution < 1.29 is 0 Å². The summed E-state index contributed by atoms with van der Waals surface area (Å²) in [6.45, 7) is 5.93. The average Bonchev–Trinajstić information content (AvgIpc) is 2.62. The lowest BCUT2D eigenvalue weighted by Gasteiger charge is -2.32. The molecule has 0 aromatic rings. The van der Waals surface area contributed by atoms with Crippen molar-refractivity contribution >= 4 is 6.21 Å². The fraction of sp³-hybridized carbons (Fsp3) is 0.700. The van der Waals surface area contributed by atoms with Crippen LogP contribution < -0.4 is 0 Å². The van der Waals surface area contributed by atoms with E-state index in [4.69, 9.17) is 0 Å². The lowest BCUT2D eigenvalue weighted by molar-refractivity contribution is 0.163. The van der Waals surface area contributed by atoms with Gasteiger partial charge in [0.15, 0.2) is 0 Å². The van der Waals surface area contributed by atoms with E-state index in [0.29, 0.717) is 0 Å². The summed E-state index contributed by atoms with van der Waals surface area (Å²) < 4.78 is 0. The van der Waals surface area contributed by atoms with Crippen LogP contribution in [0.5, 0.6) is 0 Å². The van der Waals surface area contributed by atoms with Gasteiger partial charge in [0.2, 0.25) is 0 Å². The molecule has 72 valence electrons. The summed E-state index contributed by atoms with van der Waals surface area (Å²) in [4.78, 5) is 9.02. The van der Waals surface area contributed by atoms with E-state index in [1.807, 2.05) is 12.4 Å². The van der Waals surface area contributed by atoms with Crippen molar-refractivity contribution in [1.82, 2.24) is 9.80 Å².